The van der Waals surface area contributed by atoms with Crippen LogP contribution in [0.4, 0.5) is 0 Å². The molecule has 2 rings (SSSR count). The van der Waals surface area contributed by atoms with Crippen LogP contribution in [0.2, 0.25) is 0 Å². The molecule has 0 aliphatic carbocycles. The SMILES string of the molecule is CNC(=C[N+](=O)[O-])NCCSCc1ccc(CN(C)C)o1.Cc1ccncc1C(=O)O.Cl. The fraction of sp³-hybridized carbons (Fsp3) is 0.400. The van der Waals surface area contributed by atoms with Crippen LogP contribution >= 0.6 is 24.2 Å². The van der Waals surface area contributed by atoms with Gasteiger partial charge in [-0.15, -0.1) is 12.4 Å². The number of halogens is 1. The fourth-order valence-electron chi connectivity index (χ4n) is 2.32. The van der Waals surface area contributed by atoms with Crippen LogP contribution in [-0.2, 0) is 12.3 Å². The molecule has 0 radical (unpaired) electrons. The van der Waals surface area contributed by atoms with Gasteiger partial charge in [0.15, 0.2) is 5.82 Å². The van der Waals surface area contributed by atoms with Crippen molar-refractivity contribution in [1.82, 2.24) is 20.5 Å². The zero-order valence-electron chi connectivity index (χ0n) is 18.5. The van der Waals surface area contributed by atoms with Crippen LogP contribution in [0.25, 0.3) is 0 Å². The minimum atomic E-state index is -0.925. The Kier molecular flexibility index (Phi) is 14.6. The molecule has 0 saturated carbocycles. The van der Waals surface area contributed by atoms with Gasteiger partial charge in [0.05, 0.1) is 22.8 Å². The van der Waals surface area contributed by atoms with Gasteiger partial charge in [-0.25, -0.2) is 4.79 Å². The summed E-state index contributed by atoms with van der Waals surface area (Å²) >= 11 is 1.72. The molecular weight excluding hydrogens is 458 g/mol. The van der Waals surface area contributed by atoms with Gasteiger partial charge in [-0.1, -0.05) is 0 Å². The van der Waals surface area contributed by atoms with E-state index in [1.165, 1.54) is 6.20 Å². The van der Waals surface area contributed by atoms with Gasteiger partial charge < -0.3 is 25.1 Å². The van der Waals surface area contributed by atoms with E-state index in [4.69, 9.17) is 9.52 Å². The van der Waals surface area contributed by atoms with E-state index in [2.05, 4.69) is 20.5 Å². The van der Waals surface area contributed by atoms with Crippen molar-refractivity contribution in [2.24, 2.45) is 0 Å². The number of nitrogens with zero attached hydrogens (tertiary/aromatic N) is 3. The molecule has 2 heterocycles. The molecule has 32 heavy (non-hydrogen) atoms. The van der Waals surface area contributed by atoms with E-state index >= 15 is 0 Å². The highest BCUT2D eigenvalue weighted by Gasteiger charge is 2.05. The van der Waals surface area contributed by atoms with E-state index in [-0.39, 0.29) is 18.0 Å². The maximum atomic E-state index is 10.4. The molecule has 0 bridgehead atoms. The standard InChI is InChI=1S/C13H22N4O3S.C7H7NO2.ClH/c1-14-13(9-17(18)19)15-6-7-21-10-12-5-4-11(20-12)8-16(2)3;1-5-2-3-8-4-6(5)7(9)10;/h4-5,9,14-15H,6-8,10H2,1-3H3;2-4H,1H3,(H,9,10);1H. The number of rotatable bonds is 11. The molecule has 2 aromatic rings. The van der Waals surface area contributed by atoms with Crippen molar-refractivity contribution >= 4 is 30.1 Å². The average molecular weight is 488 g/mol. The highest BCUT2D eigenvalue weighted by atomic mass is 35.5. The smallest absolute Gasteiger partial charge is 0.337 e. The molecule has 0 unspecified atom stereocenters. The minimum Gasteiger partial charge on any atom is -0.478 e. The highest BCUT2D eigenvalue weighted by molar-refractivity contribution is 7.98. The Labute approximate surface area is 198 Å². The molecule has 3 N–H and O–H groups in total. The maximum absolute atomic E-state index is 10.4. The Morgan fingerprint density at radius 2 is 2.03 bits per heavy atom. The fourth-order valence-corrected chi connectivity index (χ4v) is 3.07. The number of aromatic nitrogens is 1. The van der Waals surface area contributed by atoms with Gasteiger partial charge in [-0.05, 0) is 44.8 Å². The van der Waals surface area contributed by atoms with Gasteiger partial charge in [0, 0.05) is 31.7 Å². The van der Waals surface area contributed by atoms with Gasteiger partial charge >= 0.3 is 5.97 Å². The van der Waals surface area contributed by atoms with Gasteiger partial charge in [0.1, 0.15) is 11.5 Å². The number of hydrogen-bond donors (Lipinski definition) is 3. The van der Waals surface area contributed by atoms with E-state index in [0.29, 0.717) is 12.4 Å². The second-order valence-electron chi connectivity index (χ2n) is 6.66. The lowest BCUT2D eigenvalue weighted by Gasteiger charge is -2.07. The molecule has 0 aliphatic heterocycles. The van der Waals surface area contributed by atoms with E-state index in [0.717, 1.165) is 41.3 Å². The summed E-state index contributed by atoms with van der Waals surface area (Å²) in [5, 5.41) is 24.6. The quantitative estimate of drug-likeness (QED) is 0.246. The van der Waals surface area contributed by atoms with E-state index in [1.807, 2.05) is 26.2 Å². The molecular formula is C20H30ClN5O5S. The number of thioether (sulfide) groups is 1. The second kappa shape index (κ2) is 16.0. The lowest BCUT2D eigenvalue weighted by atomic mass is 10.2. The van der Waals surface area contributed by atoms with E-state index < -0.39 is 10.9 Å². The topological polar surface area (TPSA) is 134 Å². The van der Waals surface area contributed by atoms with Gasteiger partial charge in [-0.2, -0.15) is 11.8 Å². The predicted molar refractivity (Wildman–Crippen MR) is 128 cm³/mol. The van der Waals surface area contributed by atoms with Crippen LogP contribution in [0.1, 0.15) is 27.4 Å². The summed E-state index contributed by atoms with van der Waals surface area (Å²) in [6.45, 7) is 3.19. The molecule has 12 heteroatoms. The van der Waals surface area contributed by atoms with Gasteiger partial charge in [-0.3, -0.25) is 15.1 Å². The lowest BCUT2D eigenvalue weighted by Crippen LogP contribution is -2.26. The minimum absolute atomic E-state index is 0. The normalized spacial score (nSPS) is 10.6. The number of hydrogen-bond acceptors (Lipinski definition) is 9. The zero-order chi connectivity index (χ0) is 23.2. The molecule has 0 saturated heterocycles. The third-order valence-corrected chi connectivity index (χ3v) is 4.75. The first-order valence-electron chi connectivity index (χ1n) is 9.43. The Morgan fingerprint density at radius 1 is 1.34 bits per heavy atom. The zero-order valence-corrected chi connectivity index (χ0v) is 20.2. The molecule has 0 aliphatic rings. The average Bonchev–Trinajstić information content (AvgIpc) is 3.13. The van der Waals surface area contributed by atoms with Crippen molar-refractivity contribution in [1.29, 1.82) is 0 Å². The third kappa shape index (κ3) is 12.2. The number of aryl methyl sites for hydroxylation is 1. The van der Waals surface area contributed by atoms with Crippen LogP contribution < -0.4 is 10.6 Å². The number of carboxylic acid groups (broad SMARTS) is 1. The second-order valence-corrected chi connectivity index (χ2v) is 7.76. The third-order valence-electron chi connectivity index (χ3n) is 3.77. The lowest BCUT2D eigenvalue weighted by molar-refractivity contribution is -0.404. The highest BCUT2D eigenvalue weighted by Crippen LogP contribution is 2.16. The number of aromatic carboxylic acids is 1. The summed E-state index contributed by atoms with van der Waals surface area (Å²) in [5.74, 6) is 3.02. The summed E-state index contributed by atoms with van der Waals surface area (Å²) in [6, 6.07) is 5.65. The monoisotopic (exact) mass is 487 g/mol. The van der Waals surface area contributed by atoms with Crippen molar-refractivity contribution in [3.8, 4) is 0 Å². The molecule has 0 spiro atoms. The van der Waals surface area contributed by atoms with Crippen molar-refractivity contribution in [3.05, 3.63) is 75.4 Å². The van der Waals surface area contributed by atoms with Crippen LogP contribution in [0.15, 0.2) is 47.0 Å². The summed E-state index contributed by atoms with van der Waals surface area (Å²) in [5.41, 5.74) is 1.00. The van der Waals surface area contributed by atoms with Crippen LogP contribution in [0, 0.1) is 17.0 Å². The van der Waals surface area contributed by atoms with Crippen molar-refractivity contribution in [2.45, 2.75) is 19.2 Å². The van der Waals surface area contributed by atoms with Gasteiger partial charge in [0.25, 0.3) is 6.20 Å². The van der Waals surface area contributed by atoms with Gasteiger partial charge in [0.2, 0.25) is 0 Å². The first kappa shape index (κ1) is 29.2. The maximum Gasteiger partial charge on any atom is 0.337 e. The molecule has 178 valence electrons. The summed E-state index contributed by atoms with van der Waals surface area (Å²) in [7, 11) is 5.64. The Morgan fingerprint density at radius 3 is 2.56 bits per heavy atom. The molecule has 10 nitrogen and oxygen atoms in total. The van der Waals surface area contributed by atoms with Crippen LogP contribution in [0.3, 0.4) is 0 Å². The number of furan rings is 1. The summed E-state index contributed by atoms with van der Waals surface area (Å²) in [6.07, 6.45) is 3.84. The first-order chi connectivity index (χ1) is 14.7. The van der Waals surface area contributed by atoms with E-state index in [9.17, 15) is 14.9 Å². The first-order valence-corrected chi connectivity index (χ1v) is 10.6. The Hall–Kier alpha value is -2.76. The number of nitro groups is 1. The molecule has 0 fully saturated rings. The summed E-state index contributed by atoms with van der Waals surface area (Å²) in [4.78, 5) is 26.0. The number of pyridine rings is 1. The van der Waals surface area contributed by atoms with Crippen molar-refractivity contribution in [3.63, 3.8) is 0 Å². The Balaban J connectivity index is 0.000000733. The van der Waals surface area contributed by atoms with Crippen molar-refractivity contribution in [2.75, 3.05) is 33.4 Å². The molecule has 2 aromatic heterocycles. The molecule has 0 amide bonds. The van der Waals surface area contributed by atoms with Crippen LogP contribution in [-0.4, -0.2) is 59.3 Å². The molecule has 0 atom stereocenters. The summed E-state index contributed by atoms with van der Waals surface area (Å²) < 4.78 is 5.70. The van der Waals surface area contributed by atoms with Crippen LogP contribution in [0.5, 0.6) is 0 Å². The largest absolute Gasteiger partial charge is 0.478 e. The number of carbonyl (C=O) groups is 1. The Bertz CT molecular complexity index is 876. The molecule has 0 aromatic carbocycles. The number of carboxylic acids is 1. The predicted octanol–water partition coefficient (Wildman–Crippen LogP) is 2.97. The van der Waals surface area contributed by atoms with Crippen molar-refractivity contribution < 1.29 is 19.2 Å². The number of nitrogens with one attached hydrogen (secondary N) is 2. The van der Waals surface area contributed by atoms with E-state index in [1.54, 1.807) is 38.0 Å².